The van der Waals surface area contributed by atoms with Gasteiger partial charge in [-0.2, -0.15) is 0 Å². The molecule has 1 rings (SSSR count). The molecule has 1 heterocycles. The summed E-state index contributed by atoms with van der Waals surface area (Å²) in [7, 11) is 0. The van der Waals surface area contributed by atoms with E-state index in [2.05, 4.69) is 20.9 Å². The van der Waals surface area contributed by atoms with E-state index in [1.54, 1.807) is 0 Å². The van der Waals surface area contributed by atoms with Gasteiger partial charge < -0.3 is 16.0 Å². The molecule has 0 bridgehead atoms. The lowest BCUT2D eigenvalue weighted by atomic mass is 10.3. The third-order valence-electron chi connectivity index (χ3n) is 2.01. The van der Waals surface area contributed by atoms with Gasteiger partial charge in [0.15, 0.2) is 5.96 Å². The third-order valence-corrected chi connectivity index (χ3v) is 2.01. The van der Waals surface area contributed by atoms with Crippen LogP contribution in [-0.2, 0) is 4.79 Å². The van der Waals surface area contributed by atoms with Crippen molar-refractivity contribution in [1.82, 2.24) is 16.0 Å². The predicted molar refractivity (Wildman–Crippen MR) is 71.1 cm³/mol. The molecule has 6 heteroatoms. The average Bonchev–Trinajstić information content (AvgIpc) is 2.41. The van der Waals surface area contributed by atoms with Gasteiger partial charge in [-0.1, -0.05) is 0 Å². The van der Waals surface area contributed by atoms with E-state index < -0.39 is 0 Å². The molecule has 0 aliphatic carbocycles. The van der Waals surface area contributed by atoms with E-state index in [1.807, 2.05) is 13.8 Å². The first-order valence-corrected chi connectivity index (χ1v) is 5.50. The highest BCUT2D eigenvalue weighted by molar-refractivity contribution is 8.93. The number of rotatable bonds is 3. The molecule has 0 unspecified atom stereocenters. The summed E-state index contributed by atoms with van der Waals surface area (Å²) in [6.07, 6.45) is 2.24. The Labute approximate surface area is 107 Å². The SMILES string of the molecule is Br.CC(C)NC(=O)CNC1=NCCCCN1. The van der Waals surface area contributed by atoms with Crippen molar-refractivity contribution in [3.05, 3.63) is 0 Å². The third kappa shape index (κ3) is 6.66. The fourth-order valence-electron chi connectivity index (χ4n) is 1.35. The van der Waals surface area contributed by atoms with Crippen LogP contribution in [0.25, 0.3) is 0 Å². The van der Waals surface area contributed by atoms with Gasteiger partial charge in [-0.25, -0.2) is 0 Å². The van der Waals surface area contributed by atoms with E-state index in [1.165, 1.54) is 0 Å². The smallest absolute Gasteiger partial charge is 0.239 e. The number of guanidine groups is 1. The highest BCUT2D eigenvalue weighted by Gasteiger charge is 2.06. The Morgan fingerprint density at radius 3 is 2.94 bits per heavy atom. The minimum Gasteiger partial charge on any atom is -0.356 e. The molecule has 0 saturated carbocycles. The zero-order valence-electron chi connectivity index (χ0n) is 9.88. The lowest BCUT2D eigenvalue weighted by Crippen LogP contribution is -2.44. The van der Waals surface area contributed by atoms with Crippen LogP contribution < -0.4 is 16.0 Å². The van der Waals surface area contributed by atoms with Crippen molar-refractivity contribution in [3.8, 4) is 0 Å². The summed E-state index contributed by atoms with van der Waals surface area (Å²) >= 11 is 0. The molecule has 3 N–H and O–H groups in total. The van der Waals surface area contributed by atoms with Crippen LogP contribution in [0.2, 0.25) is 0 Å². The molecule has 0 spiro atoms. The number of carbonyl (C=O) groups is 1. The van der Waals surface area contributed by atoms with Gasteiger partial charge in [0, 0.05) is 19.1 Å². The summed E-state index contributed by atoms with van der Waals surface area (Å²) in [5.74, 6) is 0.741. The fraction of sp³-hybridized carbons (Fsp3) is 0.800. The highest BCUT2D eigenvalue weighted by Crippen LogP contribution is 1.92. The highest BCUT2D eigenvalue weighted by atomic mass is 79.9. The van der Waals surface area contributed by atoms with Crippen molar-refractivity contribution in [2.45, 2.75) is 32.7 Å². The topological polar surface area (TPSA) is 65.5 Å². The number of nitrogens with one attached hydrogen (secondary N) is 3. The van der Waals surface area contributed by atoms with Crippen molar-refractivity contribution in [2.75, 3.05) is 19.6 Å². The van der Waals surface area contributed by atoms with Gasteiger partial charge in [0.2, 0.25) is 5.91 Å². The van der Waals surface area contributed by atoms with E-state index in [0.29, 0.717) is 0 Å². The Morgan fingerprint density at radius 1 is 1.50 bits per heavy atom. The minimum atomic E-state index is -0.00116. The molecule has 0 fully saturated rings. The molecule has 1 aliphatic rings. The number of aliphatic imine (C=N–C) groups is 1. The first-order valence-electron chi connectivity index (χ1n) is 5.50. The van der Waals surface area contributed by atoms with Crippen LogP contribution in [0.15, 0.2) is 4.99 Å². The zero-order valence-corrected chi connectivity index (χ0v) is 11.6. The first-order chi connectivity index (χ1) is 7.18. The van der Waals surface area contributed by atoms with Crippen molar-refractivity contribution in [2.24, 2.45) is 4.99 Å². The van der Waals surface area contributed by atoms with Crippen LogP contribution in [0, 0.1) is 0 Å². The van der Waals surface area contributed by atoms with Crippen LogP contribution in [-0.4, -0.2) is 37.5 Å². The maximum absolute atomic E-state index is 11.3. The van der Waals surface area contributed by atoms with Gasteiger partial charge in [0.25, 0.3) is 0 Å². The Balaban J connectivity index is 0.00000225. The van der Waals surface area contributed by atoms with Crippen LogP contribution in [0.4, 0.5) is 0 Å². The molecule has 1 amide bonds. The molecule has 5 nitrogen and oxygen atoms in total. The lowest BCUT2D eigenvalue weighted by Gasteiger charge is -2.11. The Hall–Kier alpha value is -0.780. The van der Waals surface area contributed by atoms with Gasteiger partial charge >= 0.3 is 0 Å². The van der Waals surface area contributed by atoms with Crippen molar-refractivity contribution in [3.63, 3.8) is 0 Å². The summed E-state index contributed by atoms with van der Waals surface area (Å²) in [5, 5.41) is 8.96. The fourth-order valence-corrected chi connectivity index (χ4v) is 1.35. The molecular weight excluding hydrogens is 272 g/mol. The number of amides is 1. The number of hydrogen-bond acceptors (Lipinski definition) is 4. The van der Waals surface area contributed by atoms with E-state index >= 15 is 0 Å². The predicted octanol–water partition coefficient (Wildman–Crippen LogP) is 0.418. The summed E-state index contributed by atoms with van der Waals surface area (Å²) in [4.78, 5) is 15.6. The van der Waals surface area contributed by atoms with Gasteiger partial charge in [-0.3, -0.25) is 9.79 Å². The molecule has 1 aliphatic heterocycles. The maximum atomic E-state index is 11.3. The normalized spacial score (nSPS) is 15.3. The molecule has 0 aromatic heterocycles. The molecular formula is C10H21BrN4O. The Morgan fingerprint density at radius 2 is 2.25 bits per heavy atom. The number of nitrogens with zero attached hydrogens (tertiary/aromatic N) is 1. The summed E-state index contributed by atoms with van der Waals surface area (Å²) in [5.41, 5.74) is 0. The average molecular weight is 293 g/mol. The first kappa shape index (κ1) is 15.2. The van der Waals surface area contributed by atoms with Gasteiger partial charge in [0.1, 0.15) is 0 Å². The van der Waals surface area contributed by atoms with Crippen molar-refractivity contribution >= 4 is 28.8 Å². The van der Waals surface area contributed by atoms with Crippen molar-refractivity contribution < 1.29 is 4.79 Å². The van der Waals surface area contributed by atoms with Gasteiger partial charge in [-0.05, 0) is 26.7 Å². The number of hydrogen-bond donors (Lipinski definition) is 3. The molecule has 0 aromatic rings. The molecule has 0 aromatic carbocycles. The van der Waals surface area contributed by atoms with Crippen LogP contribution in [0.1, 0.15) is 26.7 Å². The summed E-state index contributed by atoms with van der Waals surface area (Å²) in [6, 6.07) is 0.184. The number of carbonyl (C=O) groups excluding carboxylic acids is 1. The Bertz CT molecular complexity index is 243. The molecule has 94 valence electrons. The van der Waals surface area contributed by atoms with Crippen LogP contribution in [0.3, 0.4) is 0 Å². The molecule has 16 heavy (non-hydrogen) atoms. The van der Waals surface area contributed by atoms with E-state index in [-0.39, 0.29) is 35.5 Å². The second-order valence-electron chi connectivity index (χ2n) is 3.94. The zero-order chi connectivity index (χ0) is 11.1. The summed E-state index contributed by atoms with van der Waals surface area (Å²) in [6.45, 7) is 5.93. The van der Waals surface area contributed by atoms with E-state index in [0.717, 1.165) is 31.9 Å². The molecule has 0 saturated heterocycles. The summed E-state index contributed by atoms with van der Waals surface area (Å²) < 4.78 is 0. The van der Waals surface area contributed by atoms with E-state index in [4.69, 9.17) is 0 Å². The van der Waals surface area contributed by atoms with Gasteiger partial charge in [-0.15, -0.1) is 17.0 Å². The largest absolute Gasteiger partial charge is 0.356 e. The molecule has 0 radical (unpaired) electrons. The van der Waals surface area contributed by atoms with Gasteiger partial charge in [0.05, 0.1) is 6.54 Å². The van der Waals surface area contributed by atoms with E-state index in [9.17, 15) is 4.79 Å². The lowest BCUT2D eigenvalue weighted by molar-refractivity contribution is -0.120. The minimum absolute atomic E-state index is 0. The standard InChI is InChI=1S/C10H20N4O.BrH/c1-8(2)14-9(15)7-13-10-11-5-3-4-6-12-10;/h8H,3-7H2,1-2H3,(H,14,15)(H2,11,12,13);1H. The van der Waals surface area contributed by atoms with Crippen molar-refractivity contribution in [1.29, 1.82) is 0 Å². The second-order valence-corrected chi connectivity index (χ2v) is 3.94. The number of halogens is 1. The molecule has 0 atom stereocenters. The second kappa shape index (κ2) is 8.38. The maximum Gasteiger partial charge on any atom is 0.239 e. The quantitative estimate of drug-likeness (QED) is 0.706. The Kier molecular flexibility index (Phi) is 7.97. The van der Waals surface area contributed by atoms with Crippen LogP contribution in [0.5, 0.6) is 0 Å². The monoisotopic (exact) mass is 292 g/mol. The van der Waals surface area contributed by atoms with Crippen LogP contribution >= 0.6 is 17.0 Å².